The highest BCUT2D eigenvalue weighted by Crippen LogP contribution is 2.43. The van der Waals surface area contributed by atoms with Gasteiger partial charge in [0.1, 0.15) is 18.0 Å². The van der Waals surface area contributed by atoms with Crippen molar-refractivity contribution in [2.24, 2.45) is 11.8 Å². The third-order valence-corrected chi connectivity index (χ3v) is 12.0. The number of allylic oxidation sites excluding steroid dienone is 2. The van der Waals surface area contributed by atoms with E-state index in [1.165, 1.54) is 24.3 Å². The molecule has 14 heteroatoms. The van der Waals surface area contributed by atoms with Crippen molar-refractivity contribution < 1.29 is 64.6 Å². The first-order chi connectivity index (χ1) is 30.0. The molecule has 336 valence electrons. The van der Waals surface area contributed by atoms with Gasteiger partial charge in [0.15, 0.2) is 40.4 Å². The largest absolute Gasteiger partial charge is 0.505 e. The molecule has 8 nitrogen and oxygen atoms in total. The lowest BCUT2D eigenvalue weighted by molar-refractivity contribution is -0.285. The molecule has 1 fully saturated rings. The van der Waals surface area contributed by atoms with E-state index in [4.69, 9.17) is 33.2 Å². The summed E-state index contributed by atoms with van der Waals surface area (Å²) in [5.41, 5.74) is 0.757. The summed E-state index contributed by atoms with van der Waals surface area (Å²) in [7, 11) is 0. The van der Waals surface area contributed by atoms with Crippen LogP contribution in [-0.4, -0.2) is 50.0 Å². The van der Waals surface area contributed by atoms with Crippen LogP contribution in [-0.2, 0) is 27.1 Å². The van der Waals surface area contributed by atoms with Crippen molar-refractivity contribution in [3.05, 3.63) is 113 Å². The van der Waals surface area contributed by atoms with E-state index < -0.39 is 52.5 Å². The molecule has 0 bridgehead atoms. The van der Waals surface area contributed by atoms with Crippen molar-refractivity contribution in [1.29, 1.82) is 0 Å². The van der Waals surface area contributed by atoms with E-state index in [2.05, 4.69) is 6.58 Å². The quantitative estimate of drug-likeness (QED) is 0.0724. The maximum absolute atomic E-state index is 15.3. The van der Waals surface area contributed by atoms with Crippen LogP contribution in [0.4, 0.5) is 26.3 Å². The Bertz CT molecular complexity index is 2120. The first-order valence-corrected chi connectivity index (χ1v) is 21.7. The fourth-order valence-electron chi connectivity index (χ4n) is 8.47. The summed E-state index contributed by atoms with van der Waals surface area (Å²) in [5.74, 6) is -8.67. The predicted molar refractivity (Wildman–Crippen MR) is 218 cm³/mol. The number of phenols is 1. The maximum atomic E-state index is 15.3. The predicted octanol–water partition coefficient (Wildman–Crippen LogP) is 11.6. The minimum atomic E-state index is -1.30. The number of halogens is 6. The monoisotopic (exact) mass is 872 g/mol. The van der Waals surface area contributed by atoms with Gasteiger partial charge in [-0.25, -0.2) is 4.39 Å². The molecule has 3 unspecified atom stereocenters. The Kier molecular flexibility index (Phi) is 15.0. The standard InChI is InChI=1S/C48H54F6O8/c1-3-29-27-59-48(60-28-29,21-7-5-9-23-57-33-15-11-30(12-16-33)36-18-13-31-25-35(55)41(50)44(53)46(31)61-36)22-8-6-10-24-58-38-20-17-34(40(49)42(38)51)37-19-14-32-26-39(56-4-2)43(52)45(54)47(32)62-37/h3,11,15-17,20,25-26,29-30,36-37,55H,1,4-10,12-14,18-19,21-24,27-28H2,2H3. The second-order valence-corrected chi connectivity index (χ2v) is 16.3. The first kappa shape index (κ1) is 45.2. The fraction of sp³-hybridized carbons (Fsp3) is 0.500. The Balaban J connectivity index is 0.810. The number of aromatic hydroxyl groups is 1. The van der Waals surface area contributed by atoms with Crippen LogP contribution in [0.25, 0.3) is 0 Å². The Hall–Kier alpha value is -4.82. The van der Waals surface area contributed by atoms with Crippen molar-refractivity contribution in [2.45, 2.75) is 108 Å². The number of hydrogen-bond acceptors (Lipinski definition) is 8. The summed E-state index contributed by atoms with van der Waals surface area (Å²) in [5, 5.41) is 9.61. The van der Waals surface area contributed by atoms with Crippen LogP contribution in [0, 0.1) is 46.7 Å². The molecule has 1 saturated heterocycles. The molecule has 0 amide bonds. The van der Waals surface area contributed by atoms with Gasteiger partial charge < -0.3 is 38.3 Å². The molecule has 0 aromatic heterocycles. The molecule has 0 saturated carbocycles. The highest BCUT2D eigenvalue weighted by Gasteiger charge is 2.37. The van der Waals surface area contributed by atoms with Gasteiger partial charge in [-0.3, -0.25) is 0 Å². The number of ether oxygens (including phenoxy) is 7. The molecule has 7 rings (SSSR count). The number of unbranched alkanes of at least 4 members (excludes halogenated alkanes) is 4. The number of rotatable bonds is 19. The molecule has 62 heavy (non-hydrogen) atoms. The number of phenolic OH excluding ortho intramolecular Hbond substituents is 1. The molecule has 3 aromatic carbocycles. The Morgan fingerprint density at radius 3 is 2.10 bits per heavy atom. The zero-order valence-electron chi connectivity index (χ0n) is 34.9. The van der Waals surface area contributed by atoms with Gasteiger partial charge >= 0.3 is 0 Å². The SMILES string of the molecule is C=CC1COC(CCCCCOC2=CCC(C3CCc4cc(O)c(F)c(F)c4O3)C=C2)(CCCCCOc2ccc(C3CCc4cc(OCC)c(F)c(F)c4O3)c(F)c2F)OC1. The van der Waals surface area contributed by atoms with E-state index in [9.17, 15) is 22.7 Å². The second kappa shape index (κ2) is 20.6. The van der Waals surface area contributed by atoms with Crippen molar-refractivity contribution in [3.63, 3.8) is 0 Å². The molecule has 1 N–H and O–H groups in total. The van der Waals surface area contributed by atoms with Gasteiger partial charge in [-0.2, -0.15) is 22.0 Å². The number of hydrogen-bond donors (Lipinski definition) is 1. The number of fused-ring (bicyclic) bond motifs is 2. The van der Waals surface area contributed by atoms with E-state index in [1.807, 2.05) is 24.3 Å². The molecule has 3 aromatic rings. The Morgan fingerprint density at radius 1 is 0.742 bits per heavy atom. The smallest absolute Gasteiger partial charge is 0.204 e. The van der Waals surface area contributed by atoms with Crippen molar-refractivity contribution in [3.8, 4) is 28.7 Å². The summed E-state index contributed by atoms with van der Waals surface area (Å²) in [4.78, 5) is 0. The fourth-order valence-corrected chi connectivity index (χ4v) is 8.47. The highest BCUT2D eigenvalue weighted by atomic mass is 19.2. The zero-order chi connectivity index (χ0) is 43.8. The van der Waals surface area contributed by atoms with E-state index in [0.29, 0.717) is 69.5 Å². The third-order valence-electron chi connectivity index (χ3n) is 12.0. The highest BCUT2D eigenvalue weighted by molar-refractivity contribution is 5.46. The minimum absolute atomic E-state index is 0.0135. The second-order valence-electron chi connectivity index (χ2n) is 16.3. The van der Waals surface area contributed by atoms with Gasteiger partial charge in [-0.1, -0.05) is 12.2 Å². The first-order valence-electron chi connectivity index (χ1n) is 21.7. The molecule has 4 aliphatic rings. The van der Waals surface area contributed by atoms with Gasteiger partial charge in [-0.05, 0) is 114 Å². The van der Waals surface area contributed by atoms with Gasteiger partial charge in [-0.15, -0.1) is 6.58 Å². The average Bonchev–Trinajstić information content (AvgIpc) is 3.29. The number of benzene rings is 3. The molecule has 1 aliphatic carbocycles. The van der Waals surface area contributed by atoms with Crippen LogP contribution in [0.1, 0.15) is 100 Å². The average molecular weight is 873 g/mol. The third kappa shape index (κ3) is 10.3. The lowest BCUT2D eigenvalue weighted by Gasteiger charge is -2.40. The molecule has 3 atom stereocenters. The topological polar surface area (TPSA) is 84.8 Å². The van der Waals surface area contributed by atoms with E-state index in [-0.39, 0.29) is 72.6 Å². The van der Waals surface area contributed by atoms with E-state index in [0.717, 1.165) is 37.9 Å². The summed E-state index contributed by atoms with van der Waals surface area (Å²) in [6, 6.07) is 5.29. The lowest BCUT2D eigenvalue weighted by atomic mass is 9.88. The van der Waals surface area contributed by atoms with Crippen LogP contribution < -0.4 is 18.9 Å². The van der Waals surface area contributed by atoms with E-state index in [1.54, 1.807) is 6.92 Å². The molecular formula is C48H54F6O8. The Labute approximate surface area is 358 Å². The normalized spacial score (nSPS) is 23.0. The van der Waals surface area contributed by atoms with Gasteiger partial charge in [0.25, 0.3) is 0 Å². The molecular weight excluding hydrogens is 819 g/mol. The lowest BCUT2D eigenvalue weighted by Crippen LogP contribution is -2.43. The Morgan fingerprint density at radius 2 is 1.40 bits per heavy atom. The van der Waals surface area contributed by atoms with Crippen molar-refractivity contribution in [2.75, 3.05) is 33.0 Å². The van der Waals surface area contributed by atoms with Crippen LogP contribution in [0.5, 0.6) is 28.7 Å². The minimum Gasteiger partial charge on any atom is -0.505 e. The van der Waals surface area contributed by atoms with Crippen LogP contribution in [0.3, 0.4) is 0 Å². The molecule has 3 aliphatic heterocycles. The van der Waals surface area contributed by atoms with E-state index >= 15 is 8.78 Å². The van der Waals surface area contributed by atoms with Gasteiger partial charge in [0, 0.05) is 41.4 Å². The number of aryl methyl sites for hydroxylation is 2. The van der Waals surface area contributed by atoms with Crippen LogP contribution in [0.15, 0.2) is 60.9 Å². The van der Waals surface area contributed by atoms with Crippen LogP contribution in [0.2, 0.25) is 0 Å². The van der Waals surface area contributed by atoms with Gasteiger partial charge in [0.05, 0.1) is 33.0 Å². The maximum Gasteiger partial charge on any atom is 0.204 e. The molecule has 0 radical (unpaired) electrons. The molecule has 3 heterocycles. The van der Waals surface area contributed by atoms with Crippen molar-refractivity contribution in [1.82, 2.24) is 0 Å². The van der Waals surface area contributed by atoms with Crippen molar-refractivity contribution >= 4 is 0 Å². The summed E-state index contributed by atoms with van der Waals surface area (Å²) < 4.78 is 129. The van der Waals surface area contributed by atoms with Crippen LogP contribution >= 0.6 is 0 Å². The summed E-state index contributed by atoms with van der Waals surface area (Å²) in [6.07, 6.45) is 14.6. The van der Waals surface area contributed by atoms with Gasteiger partial charge in [0.2, 0.25) is 29.1 Å². The molecule has 0 spiro atoms. The summed E-state index contributed by atoms with van der Waals surface area (Å²) in [6.45, 7) is 7.41. The summed E-state index contributed by atoms with van der Waals surface area (Å²) >= 11 is 0. The zero-order valence-corrected chi connectivity index (χ0v) is 34.9.